The Bertz CT molecular complexity index is 978. The van der Waals surface area contributed by atoms with E-state index in [0.29, 0.717) is 5.25 Å². The van der Waals surface area contributed by atoms with Gasteiger partial charge in [-0.3, -0.25) is 4.79 Å². The van der Waals surface area contributed by atoms with Gasteiger partial charge >= 0.3 is 0 Å². The molecule has 3 unspecified atom stereocenters. The number of thioether (sulfide) groups is 1. The molecule has 4 heteroatoms. The molecule has 0 saturated carbocycles. The molecule has 26 heavy (non-hydrogen) atoms. The van der Waals surface area contributed by atoms with Gasteiger partial charge in [0.15, 0.2) is 0 Å². The smallest absolute Gasteiger partial charge is 0.267 e. The lowest BCUT2D eigenvalue weighted by Gasteiger charge is -2.42. The summed E-state index contributed by atoms with van der Waals surface area (Å²) in [6.45, 7) is 0. The van der Waals surface area contributed by atoms with Gasteiger partial charge in [-0.2, -0.15) is 5.10 Å². The average molecular weight is 358 g/mol. The van der Waals surface area contributed by atoms with Crippen LogP contribution < -0.4 is 0 Å². The zero-order valence-electron chi connectivity index (χ0n) is 14.2. The topological polar surface area (TPSA) is 34.9 Å². The van der Waals surface area contributed by atoms with Crippen LogP contribution >= 0.6 is 11.8 Å². The van der Waals surface area contributed by atoms with Crippen LogP contribution in [0.4, 0.5) is 0 Å². The van der Waals surface area contributed by atoms with Gasteiger partial charge < -0.3 is 0 Å². The Hall–Kier alpha value is -2.59. The Morgan fingerprint density at radius 3 is 2.54 bits per heavy atom. The first-order chi connectivity index (χ1) is 12.8. The van der Waals surface area contributed by atoms with E-state index in [1.807, 2.05) is 17.8 Å². The quantitative estimate of drug-likeness (QED) is 0.668. The summed E-state index contributed by atoms with van der Waals surface area (Å²) in [5, 5.41) is 4.59. The number of hydrogen-bond acceptors (Lipinski definition) is 3. The van der Waals surface area contributed by atoms with Crippen molar-refractivity contribution in [2.45, 2.75) is 28.4 Å². The zero-order chi connectivity index (χ0) is 17.5. The van der Waals surface area contributed by atoms with Crippen LogP contribution in [0.2, 0.25) is 0 Å². The maximum atomic E-state index is 13.0. The van der Waals surface area contributed by atoms with Crippen LogP contribution in [0.25, 0.3) is 0 Å². The summed E-state index contributed by atoms with van der Waals surface area (Å²) >= 11 is 1.92. The molecule has 3 aliphatic carbocycles. The fourth-order valence-corrected chi connectivity index (χ4v) is 5.50. The third kappa shape index (κ3) is 2.53. The maximum Gasteiger partial charge on any atom is 0.274 e. The van der Waals surface area contributed by atoms with Crippen molar-refractivity contribution in [2.24, 2.45) is 0 Å². The van der Waals surface area contributed by atoms with Crippen molar-refractivity contribution >= 4 is 17.7 Å². The number of fused-ring (bicyclic) bond motifs is 1. The minimum absolute atomic E-state index is 0.00247. The van der Waals surface area contributed by atoms with Crippen LogP contribution in [0.5, 0.6) is 0 Å². The van der Waals surface area contributed by atoms with Gasteiger partial charge in [0.2, 0.25) is 0 Å². The van der Waals surface area contributed by atoms with E-state index >= 15 is 0 Å². The molecule has 0 radical (unpaired) electrons. The van der Waals surface area contributed by atoms with Gasteiger partial charge in [-0.15, -0.1) is 11.8 Å². The summed E-state index contributed by atoms with van der Waals surface area (Å²) in [6, 6.07) is 20.9. The maximum absolute atomic E-state index is 13.0. The van der Waals surface area contributed by atoms with E-state index in [9.17, 15) is 4.79 Å². The first-order valence-corrected chi connectivity index (χ1v) is 9.76. The molecule has 1 aromatic heterocycles. The number of hydrogen-bond donors (Lipinski definition) is 0. The second-order valence-electron chi connectivity index (χ2n) is 6.79. The molecule has 3 nitrogen and oxygen atoms in total. The fourth-order valence-electron chi connectivity index (χ4n) is 4.18. The van der Waals surface area contributed by atoms with E-state index in [1.165, 1.54) is 20.7 Å². The molecule has 1 heterocycles. The molecule has 0 N–H and O–H groups in total. The largest absolute Gasteiger partial charge is 0.274 e. The second-order valence-corrected chi connectivity index (χ2v) is 8.10. The standard InChI is InChI=1S/C22H18N2OS/c25-22(24-12-6-11-23-24)20-13-19-17-10-5-4-9-16(17)18(20)14-21(19)26-15-7-2-1-3-8-15/h1-13,18-19,21H,14H2. The Morgan fingerprint density at radius 1 is 1.00 bits per heavy atom. The molecule has 2 aromatic carbocycles. The number of nitrogens with zero attached hydrogens (tertiary/aromatic N) is 2. The van der Waals surface area contributed by atoms with E-state index < -0.39 is 0 Å². The van der Waals surface area contributed by atoms with Gasteiger partial charge in [-0.25, -0.2) is 4.68 Å². The summed E-state index contributed by atoms with van der Waals surface area (Å²) < 4.78 is 1.45. The third-order valence-electron chi connectivity index (χ3n) is 5.32. The van der Waals surface area contributed by atoms with E-state index in [-0.39, 0.29) is 17.7 Å². The Morgan fingerprint density at radius 2 is 1.77 bits per heavy atom. The van der Waals surface area contributed by atoms with E-state index in [0.717, 1.165) is 12.0 Å². The van der Waals surface area contributed by atoms with Gasteiger partial charge in [-0.1, -0.05) is 48.5 Å². The summed E-state index contributed by atoms with van der Waals surface area (Å²) in [7, 11) is 0. The predicted molar refractivity (Wildman–Crippen MR) is 104 cm³/mol. The number of rotatable bonds is 3. The van der Waals surface area contributed by atoms with Crippen LogP contribution in [0, 0.1) is 0 Å². The third-order valence-corrected chi connectivity index (χ3v) is 6.66. The lowest BCUT2D eigenvalue weighted by molar-refractivity contribution is 0.0928. The zero-order valence-corrected chi connectivity index (χ0v) is 15.0. The second kappa shape index (κ2) is 6.29. The highest BCUT2D eigenvalue weighted by molar-refractivity contribution is 8.00. The molecule has 0 aliphatic heterocycles. The first kappa shape index (κ1) is 15.6. The minimum Gasteiger partial charge on any atom is -0.267 e. The number of carbonyl (C=O) groups is 1. The molecule has 0 spiro atoms. The monoisotopic (exact) mass is 358 g/mol. The average Bonchev–Trinajstić information content (AvgIpc) is 3.23. The van der Waals surface area contributed by atoms with Crippen molar-refractivity contribution in [3.05, 3.63) is 95.8 Å². The highest BCUT2D eigenvalue weighted by Gasteiger charge is 2.42. The highest BCUT2D eigenvalue weighted by atomic mass is 32.2. The van der Waals surface area contributed by atoms with Gasteiger partial charge in [0.25, 0.3) is 5.91 Å². The van der Waals surface area contributed by atoms with Crippen LogP contribution in [0.3, 0.4) is 0 Å². The van der Waals surface area contributed by atoms with Crippen molar-refractivity contribution in [3.63, 3.8) is 0 Å². The van der Waals surface area contributed by atoms with Crippen LogP contribution in [0.15, 0.2) is 89.6 Å². The number of benzene rings is 2. The summed E-state index contributed by atoms with van der Waals surface area (Å²) in [5.74, 6) is 0.410. The molecule has 6 rings (SSSR count). The molecular formula is C22H18N2OS. The minimum atomic E-state index is 0.00247. The van der Waals surface area contributed by atoms with Gasteiger partial charge in [0.05, 0.1) is 0 Å². The van der Waals surface area contributed by atoms with E-state index in [4.69, 9.17) is 0 Å². The Labute approximate surface area is 156 Å². The number of aromatic nitrogens is 2. The van der Waals surface area contributed by atoms with Crippen molar-refractivity contribution in [3.8, 4) is 0 Å². The number of allylic oxidation sites excluding steroid dienone is 2. The fraction of sp³-hybridized carbons (Fsp3) is 0.182. The number of carbonyl (C=O) groups excluding carboxylic acids is 1. The Kier molecular flexibility index (Phi) is 3.79. The van der Waals surface area contributed by atoms with Crippen molar-refractivity contribution in [1.29, 1.82) is 0 Å². The molecule has 3 aliphatic rings. The molecule has 2 bridgehead atoms. The van der Waals surface area contributed by atoms with Gasteiger partial charge in [-0.05, 0) is 35.7 Å². The Balaban J connectivity index is 1.54. The molecule has 0 fully saturated rings. The SMILES string of the molecule is O=C(C1=CC2c3ccccc3C1CC2Sc1ccccc1)n1cccn1. The van der Waals surface area contributed by atoms with E-state index in [1.54, 1.807) is 18.5 Å². The first-order valence-electron chi connectivity index (χ1n) is 8.88. The van der Waals surface area contributed by atoms with Crippen LogP contribution in [-0.4, -0.2) is 20.9 Å². The van der Waals surface area contributed by atoms with Crippen molar-refractivity contribution in [2.75, 3.05) is 0 Å². The lowest BCUT2D eigenvalue weighted by atomic mass is 9.67. The summed E-state index contributed by atoms with van der Waals surface area (Å²) in [4.78, 5) is 14.2. The molecule has 0 amide bonds. The summed E-state index contributed by atoms with van der Waals surface area (Å²) in [5.41, 5.74) is 3.57. The van der Waals surface area contributed by atoms with Gasteiger partial charge in [0.1, 0.15) is 0 Å². The van der Waals surface area contributed by atoms with Crippen molar-refractivity contribution in [1.82, 2.24) is 9.78 Å². The molecule has 0 saturated heterocycles. The normalized spacial score (nSPS) is 23.4. The van der Waals surface area contributed by atoms with Gasteiger partial charge in [0, 0.05) is 39.9 Å². The molecule has 3 atom stereocenters. The predicted octanol–water partition coefficient (Wildman–Crippen LogP) is 4.90. The highest BCUT2D eigenvalue weighted by Crippen LogP contribution is 2.53. The van der Waals surface area contributed by atoms with E-state index in [2.05, 4.69) is 59.7 Å². The molecule has 128 valence electrons. The molecule has 3 aromatic rings. The van der Waals surface area contributed by atoms with Crippen LogP contribution in [0.1, 0.15) is 34.2 Å². The molecular weight excluding hydrogens is 340 g/mol. The summed E-state index contributed by atoms with van der Waals surface area (Å²) in [6.07, 6.45) is 6.57. The lowest BCUT2D eigenvalue weighted by Crippen LogP contribution is -2.34. The van der Waals surface area contributed by atoms with Crippen LogP contribution in [-0.2, 0) is 0 Å². The van der Waals surface area contributed by atoms with Crippen molar-refractivity contribution < 1.29 is 4.79 Å².